The molecule has 1 rings (SSSR count). The van der Waals surface area contributed by atoms with Crippen LogP contribution in [0.15, 0.2) is 0 Å². The Morgan fingerprint density at radius 1 is 1.27 bits per heavy atom. The zero-order valence-electron chi connectivity index (χ0n) is 10.5. The zero-order chi connectivity index (χ0) is 11.3. The van der Waals surface area contributed by atoms with Crippen LogP contribution in [0.4, 0.5) is 0 Å². The van der Waals surface area contributed by atoms with Crippen LogP contribution in [0.3, 0.4) is 0 Å². The van der Waals surface area contributed by atoms with E-state index in [-0.39, 0.29) is 0 Å². The van der Waals surface area contributed by atoms with Gasteiger partial charge in [0.25, 0.3) is 0 Å². The van der Waals surface area contributed by atoms with Gasteiger partial charge in [-0.25, -0.2) is 0 Å². The van der Waals surface area contributed by atoms with Crippen molar-refractivity contribution in [3.8, 4) is 0 Å². The van der Waals surface area contributed by atoms with Crippen molar-refractivity contribution < 1.29 is 5.11 Å². The van der Waals surface area contributed by atoms with Crippen molar-refractivity contribution in [2.24, 2.45) is 11.8 Å². The lowest BCUT2D eigenvalue weighted by molar-refractivity contribution is 0.210. The lowest BCUT2D eigenvalue weighted by Gasteiger charge is -2.34. The number of aliphatic hydroxyl groups is 1. The minimum absolute atomic E-state index is 0.324. The normalized spacial score (nSPS) is 34.0. The number of hydrogen-bond donors (Lipinski definition) is 2. The van der Waals surface area contributed by atoms with Crippen molar-refractivity contribution in [1.29, 1.82) is 0 Å². The van der Waals surface area contributed by atoms with E-state index in [9.17, 15) is 0 Å². The molecule has 2 heteroatoms. The highest BCUT2D eigenvalue weighted by Gasteiger charge is 2.24. The number of aliphatic hydroxyl groups excluding tert-OH is 1. The maximum atomic E-state index is 8.77. The molecular formula is C13H27NO. The summed E-state index contributed by atoms with van der Waals surface area (Å²) < 4.78 is 0. The van der Waals surface area contributed by atoms with Crippen LogP contribution in [0, 0.1) is 11.8 Å². The molecule has 2 N–H and O–H groups in total. The molecule has 0 aromatic rings. The molecule has 1 saturated carbocycles. The molecule has 0 saturated heterocycles. The highest BCUT2D eigenvalue weighted by atomic mass is 16.2. The van der Waals surface area contributed by atoms with Crippen molar-refractivity contribution in [2.75, 3.05) is 6.61 Å². The summed E-state index contributed by atoms with van der Waals surface area (Å²) in [5.41, 5.74) is 0. The molecular weight excluding hydrogens is 186 g/mol. The Kier molecular flexibility index (Phi) is 5.62. The zero-order valence-corrected chi connectivity index (χ0v) is 10.5. The molecule has 0 amide bonds. The van der Waals surface area contributed by atoms with E-state index >= 15 is 0 Å². The maximum absolute atomic E-state index is 8.77. The molecule has 0 aromatic heterocycles. The maximum Gasteiger partial charge on any atom is 0.0431 e. The van der Waals surface area contributed by atoms with Gasteiger partial charge < -0.3 is 10.4 Å². The van der Waals surface area contributed by atoms with Gasteiger partial charge in [-0.3, -0.25) is 0 Å². The van der Waals surface area contributed by atoms with E-state index in [1.807, 2.05) is 0 Å². The quantitative estimate of drug-likeness (QED) is 0.735. The Bertz CT molecular complexity index is 172. The van der Waals surface area contributed by atoms with Gasteiger partial charge in [0.15, 0.2) is 0 Å². The molecule has 2 nitrogen and oxygen atoms in total. The minimum Gasteiger partial charge on any atom is -0.396 e. The second-order valence-electron chi connectivity index (χ2n) is 5.40. The highest BCUT2D eigenvalue weighted by molar-refractivity contribution is 4.81. The number of hydrogen-bond acceptors (Lipinski definition) is 2. The third kappa shape index (κ3) is 4.52. The lowest BCUT2D eigenvalue weighted by Crippen LogP contribution is -2.41. The summed E-state index contributed by atoms with van der Waals surface area (Å²) in [6.45, 7) is 7.30. The molecule has 0 radical (unpaired) electrons. The molecule has 1 aliphatic rings. The summed E-state index contributed by atoms with van der Waals surface area (Å²) in [4.78, 5) is 0. The summed E-state index contributed by atoms with van der Waals surface area (Å²) in [6.07, 6.45) is 6.04. The first-order chi connectivity index (χ1) is 7.13. The van der Waals surface area contributed by atoms with E-state index in [2.05, 4.69) is 26.1 Å². The van der Waals surface area contributed by atoms with Crippen molar-refractivity contribution in [3.63, 3.8) is 0 Å². The predicted octanol–water partition coefficient (Wildman–Crippen LogP) is 2.56. The molecule has 4 atom stereocenters. The first-order valence-corrected chi connectivity index (χ1v) is 6.50. The Morgan fingerprint density at radius 2 is 2.00 bits per heavy atom. The van der Waals surface area contributed by atoms with E-state index < -0.39 is 0 Å². The van der Waals surface area contributed by atoms with Gasteiger partial charge in [0, 0.05) is 18.7 Å². The van der Waals surface area contributed by atoms with E-state index in [0.717, 1.165) is 24.7 Å². The third-order valence-corrected chi connectivity index (χ3v) is 3.91. The molecule has 0 bridgehead atoms. The molecule has 0 unspecified atom stereocenters. The summed E-state index contributed by atoms with van der Waals surface area (Å²) in [7, 11) is 0. The number of rotatable bonds is 5. The lowest BCUT2D eigenvalue weighted by atomic mass is 9.79. The van der Waals surface area contributed by atoms with Gasteiger partial charge in [-0.2, -0.15) is 0 Å². The molecule has 1 aliphatic carbocycles. The van der Waals surface area contributed by atoms with Gasteiger partial charge in [-0.1, -0.05) is 13.8 Å². The van der Waals surface area contributed by atoms with E-state index in [0.29, 0.717) is 18.7 Å². The second kappa shape index (κ2) is 6.49. The molecule has 0 aromatic carbocycles. The monoisotopic (exact) mass is 213 g/mol. The fourth-order valence-electron chi connectivity index (χ4n) is 2.58. The van der Waals surface area contributed by atoms with Crippen LogP contribution in [0.25, 0.3) is 0 Å². The van der Waals surface area contributed by atoms with Crippen LogP contribution in [0.1, 0.15) is 52.9 Å². The number of nitrogens with one attached hydrogen (secondary N) is 1. The van der Waals surface area contributed by atoms with Gasteiger partial charge in [-0.05, 0) is 50.9 Å². The first kappa shape index (κ1) is 13.0. The minimum atomic E-state index is 0.324. The van der Waals surface area contributed by atoms with Crippen LogP contribution in [-0.2, 0) is 0 Å². The fourth-order valence-corrected chi connectivity index (χ4v) is 2.58. The Balaban J connectivity index is 2.21. The molecule has 15 heavy (non-hydrogen) atoms. The fraction of sp³-hybridized carbons (Fsp3) is 1.00. The van der Waals surface area contributed by atoms with E-state index in [4.69, 9.17) is 5.11 Å². The summed E-state index contributed by atoms with van der Waals surface area (Å²) >= 11 is 0. The Labute approximate surface area is 94.5 Å². The summed E-state index contributed by atoms with van der Waals surface area (Å²) in [5.74, 6) is 1.76. The van der Waals surface area contributed by atoms with Crippen molar-refractivity contribution >= 4 is 0 Å². The van der Waals surface area contributed by atoms with Gasteiger partial charge in [0.05, 0.1) is 0 Å². The third-order valence-electron chi connectivity index (χ3n) is 3.91. The first-order valence-electron chi connectivity index (χ1n) is 6.50. The van der Waals surface area contributed by atoms with Crippen molar-refractivity contribution in [3.05, 3.63) is 0 Å². The molecule has 0 heterocycles. The predicted molar refractivity (Wildman–Crippen MR) is 64.9 cm³/mol. The van der Waals surface area contributed by atoms with Crippen LogP contribution >= 0.6 is 0 Å². The molecule has 0 spiro atoms. The average molecular weight is 213 g/mol. The van der Waals surface area contributed by atoms with Gasteiger partial charge in [0.1, 0.15) is 0 Å². The standard InChI is InChI=1S/C13H27NO/c1-10-6-7-13(9-11(10)2)14-12(3)5-4-8-15/h10-15H,4-9H2,1-3H3/t10-,11+,12+,13+/m1/s1. The largest absolute Gasteiger partial charge is 0.396 e. The Morgan fingerprint density at radius 3 is 2.60 bits per heavy atom. The summed E-state index contributed by atoms with van der Waals surface area (Å²) in [5, 5.41) is 12.5. The SMILES string of the molecule is C[C@@H]1CC[C@H](N[C@@H](C)CCCO)C[C@@H]1C. The molecule has 0 aliphatic heterocycles. The molecule has 90 valence electrons. The van der Waals surface area contributed by atoms with Gasteiger partial charge in [-0.15, -0.1) is 0 Å². The van der Waals surface area contributed by atoms with Gasteiger partial charge in [0.2, 0.25) is 0 Å². The van der Waals surface area contributed by atoms with Crippen molar-refractivity contribution in [1.82, 2.24) is 5.32 Å². The highest BCUT2D eigenvalue weighted by Crippen LogP contribution is 2.29. The smallest absolute Gasteiger partial charge is 0.0431 e. The van der Waals surface area contributed by atoms with Crippen molar-refractivity contribution in [2.45, 2.75) is 65.0 Å². The van der Waals surface area contributed by atoms with Crippen LogP contribution in [0.2, 0.25) is 0 Å². The van der Waals surface area contributed by atoms with E-state index in [1.165, 1.54) is 19.3 Å². The topological polar surface area (TPSA) is 32.3 Å². The van der Waals surface area contributed by atoms with Crippen LogP contribution < -0.4 is 5.32 Å². The van der Waals surface area contributed by atoms with E-state index in [1.54, 1.807) is 0 Å². The van der Waals surface area contributed by atoms with Crippen LogP contribution in [0.5, 0.6) is 0 Å². The molecule has 1 fully saturated rings. The Hall–Kier alpha value is -0.0800. The second-order valence-corrected chi connectivity index (χ2v) is 5.40. The van der Waals surface area contributed by atoms with Gasteiger partial charge >= 0.3 is 0 Å². The van der Waals surface area contributed by atoms with Crippen LogP contribution in [-0.4, -0.2) is 23.8 Å². The summed E-state index contributed by atoms with van der Waals surface area (Å²) in [6, 6.07) is 1.27. The average Bonchev–Trinajstić information content (AvgIpc) is 2.20.